The molecule has 0 fully saturated rings. The Kier molecular flexibility index (Phi) is 3.80. The number of pyridine rings is 1. The summed E-state index contributed by atoms with van der Waals surface area (Å²) >= 11 is 0. The third-order valence-corrected chi connectivity index (χ3v) is 2.94. The minimum absolute atomic E-state index is 0.344. The number of rotatable bonds is 4. The van der Waals surface area contributed by atoms with Crippen molar-refractivity contribution in [2.75, 3.05) is 7.11 Å². The maximum absolute atomic E-state index is 10.9. The molecule has 1 aromatic heterocycles. The van der Waals surface area contributed by atoms with Crippen LogP contribution < -0.4 is 4.74 Å². The Balaban J connectivity index is 2.18. The molecule has 0 radical (unpaired) electrons. The second-order valence-corrected chi connectivity index (χ2v) is 4.34. The number of aryl methyl sites for hydroxylation is 1. The molecule has 0 bridgehead atoms. The highest BCUT2D eigenvalue weighted by Gasteiger charge is 2.07. The highest BCUT2D eigenvalue weighted by Crippen LogP contribution is 2.16. The molecule has 0 aliphatic carbocycles. The van der Waals surface area contributed by atoms with Crippen molar-refractivity contribution in [2.24, 2.45) is 0 Å². The lowest BCUT2D eigenvalue weighted by Crippen LogP contribution is -2.00. The topological polar surface area (TPSA) is 59.4 Å². The van der Waals surface area contributed by atoms with Gasteiger partial charge in [-0.15, -0.1) is 0 Å². The Hall–Kier alpha value is -2.36. The molecule has 1 aromatic carbocycles. The molecule has 1 N–H and O–H groups in total. The smallest absolute Gasteiger partial charge is 0.335 e. The number of benzene rings is 1. The van der Waals surface area contributed by atoms with Gasteiger partial charge in [0.2, 0.25) is 5.88 Å². The predicted octanol–water partition coefficient (Wildman–Crippen LogP) is 2.69. The highest BCUT2D eigenvalue weighted by atomic mass is 16.5. The summed E-state index contributed by atoms with van der Waals surface area (Å²) in [5.74, 6) is -0.309. The van der Waals surface area contributed by atoms with Gasteiger partial charge in [0.05, 0.1) is 12.7 Å². The summed E-state index contributed by atoms with van der Waals surface area (Å²) in [6.07, 6.45) is 2.48. The van der Waals surface area contributed by atoms with Crippen LogP contribution in [0.25, 0.3) is 0 Å². The summed E-state index contributed by atoms with van der Waals surface area (Å²) in [4.78, 5) is 15.1. The van der Waals surface area contributed by atoms with Gasteiger partial charge in [-0.05, 0) is 36.1 Å². The average molecular weight is 257 g/mol. The first-order valence-electron chi connectivity index (χ1n) is 5.92. The molecule has 98 valence electrons. The molecule has 2 rings (SSSR count). The van der Waals surface area contributed by atoms with Crippen molar-refractivity contribution >= 4 is 5.97 Å². The van der Waals surface area contributed by atoms with Crippen LogP contribution >= 0.6 is 0 Å². The lowest BCUT2D eigenvalue weighted by molar-refractivity contribution is 0.0696. The first-order valence-corrected chi connectivity index (χ1v) is 5.92. The zero-order valence-electron chi connectivity index (χ0n) is 10.9. The standard InChI is InChI=1S/C15H15NO3/c1-10-7-11(3-5-13(10)15(17)18)8-12-4-6-14(19-2)16-9-12/h3-7,9H,8H2,1-2H3,(H,17,18). The van der Waals surface area contributed by atoms with Crippen molar-refractivity contribution in [1.29, 1.82) is 0 Å². The quantitative estimate of drug-likeness (QED) is 0.914. The maximum Gasteiger partial charge on any atom is 0.335 e. The van der Waals surface area contributed by atoms with Crippen LogP contribution in [0.15, 0.2) is 36.5 Å². The van der Waals surface area contributed by atoms with Gasteiger partial charge in [0.15, 0.2) is 0 Å². The van der Waals surface area contributed by atoms with E-state index >= 15 is 0 Å². The molecule has 0 aliphatic heterocycles. The fourth-order valence-electron chi connectivity index (χ4n) is 1.95. The number of aromatic nitrogens is 1. The second-order valence-electron chi connectivity index (χ2n) is 4.34. The monoisotopic (exact) mass is 257 g/mol. The van der Waals surface area contributed by atoms with Gasteiger partial charge in [-0.2, -0.15) is 0 Å². The Morgan fingerprint density at radius 3 is 2.53 bits per heavy atom. The van der Waals surface area contributed by atoms with E-state index in [-0.39, 0.29) is 0 Å². The minimum atomic E-state index is -0.893. The third-order valence-electron chi connectivity index (χ3n) is 2.94. The molecule has 19 heavy (non-hydrogen) atoms. The van der Waals surface area contributed by atoms with E-state index in [0.717, 1.165) is 23.1 Å². The molecule has 0 amide bonds. The molecule has 0 saturated carbocycles. The van der Waals surface area contributed by atoms with Crippen LogP contribution in [0.4, 0.5) is 0 Å². The predicted molar refractivity (Wildman–Crippen MR) is 71.7 cm³/mol. The van der Waals surface area contributed by atoms with Gasteiger partial charge in [-0.25, -0.2) is 9.78 Å². The van der Waals surface area contributed by atoms with Gasteiger partial charge < -0.3 is 9.84 Å². The molecule has 4 heteroatoms. The van der Waals surface area contributed by atoms with Crippen LogP contribution in [0, 0.1) is 6.92 Å². The van der Waals surface area contributed by atoms with Crippen LogP contribution in [-0.4, -0.2) is 23.2 Å². The molecule has 0 atom stereocenters. The Morgan fingerprint density at radius 1 is 1.26 bits per heavy atom. The first kappa shape index (κ1) is 13.1. The minimum Gasteiger partial charge on any atom is -0.481 e. The van der Waals surface area contributed by atoms with Crippen LogP contribution in [0.3, 0.4) is 0 Å². The molecule has 1 heterocycles. The van der Waals surface area contributed by atoms with E-state index in [1.54, 1.807) is 26.3 Å². The summed E-state index contributed by atoms with van der Waals surface area (Å²) in [6, 6.07) is 9.14. The Morgan fingerprint density at radius 2 is 2.00 bits per heavy atom. The summed E-state index contributed by atoms with van der Waals surface area (Å²) < 4.78 is 5.00. The summed E-state index contributed by atoms with van der Waals surface area (Å²) in [5.41, 5.74) is 3.24. The summed E-state index contributed by atoms with van der Waals surface area (Å²) in [7, 11) is 1.58. The van der Waals surface area contributed by atoms with Crippen LogP contribution in [-0.2, 0) is 6.42 Å². The highest BCUT2D eigenvalue weighted by molar-refractivity contribution is 5.89. The van der Waals surface area contributed by atoms with Crippen molar-refractivity contribution in [2.45, 2.75) is 13.3 Å². The molecule has 2 aromatic rings. The maximum atomic E-state index is 10.9. The van der Waals surface area contributed by atoms with E-state index in [2.05, 4.69) is 4.98 Å². The van der Waals surface area contributed by atoms with Crippen molar-refractivity contribution in [3.8, 4) is 5.88 Å². The fourth-order valence-corrected chi connectivity index (χ4v) is 1.95. The molecular weight excluding hydrogens is 242 g/mol. The first-order chi connectivity index (χ1) is 9.10. The van der Waals surface area contributed by atoms with Gasteiger partial charge in [0.1, 0.15) is 0 Å². The number of carboxylic acid groups (broad SMARTS) is 1. The molecule has 0 aliphatic rings. The number of nitrogens with zero attached hydrogens (tertiary/aromatic N) is 1. The SMILES string of the molecule is COc1ccc(Cc2ccc(C(=O)O)c(C)c2)cn1. The van der Waals surface area contributed by atoms with Crippen molar-refractivity contribution in [3.63, 3.8) is 0 Å². The largest absolute Gasteiger partial charge is 0.481 e. The van der Waals surface area contributed by atoms with Crippen molar-refractivity contribution < 1.29 is 14.6 Å². The average Bonchev–Trinajstić information content (AvgIpc) is 2.39. The third kappa shape index (κ3) is 3.10. The second kappa shape index (κ2) is 5.52. The number of carboxylic acids is 1. The molecule has 0 spiro atoms. The number of aromatic carboxylic acids is 1. The van der Waals surface area contributed by atoms with Crippen molar-refractivity contribution in [3.05, 3.63) is 58.8 Å². The number of carbonyl (C=O) groups is 1. The number of hydrogen-bond acceptors (Lipinski definition) is 3. The molecule has 0 saturated heterocycles. The van der Waals surface area contributed by atoms with Gasteiger partial charge in [-0.3, -0.25) is 0 Å². The zero-order valence-corrected chi connectivity index (χ0v) is 10.9. The van der Waals surface area contributed by atoms with Gasteiger partial charge in [-0.1, -0.05) is 18.2 Å². The fraction of sp³-hybridized carbons (Fsp3) is 0.200. The molecular formula is C15H15NO3. The van der Waals surface area contributed by atoms with E-state index in [4.69, 9.17) is 9.84 Å². The number of methoxy groups -OCH3 is 1. The lowest BCUT2D eigenvalue weighted by atomic mass is 10.0. The van der Waals surface area contributed by atoms with E-state index in [1.165, 1.54) is 0 Å². The van der Waals surface area contributed by atoms with Crippen LogP contribution in [0.2, 0.25) is 0 Å². The van der Waals surface area contributed by atoms with E-state index < -0.39 is 5.97 Å². The van der Waals surface area contributed by atoms with Crippen molar-refractivity contribution in [1.82, 2.24) is 4.98 Å². The Bertz CT molecular complexity index is 591. The van der Waals surface area contributed by atoms with Crippen LogP contribution in [0.1, 0.15) is 27.0 Å². The van der Waals surface area contributed by atoms with Gasteiger partial charge in [0.25, 0.3) is 0 Å². The lowest BCUT2D eigenvalue weighted by Gasteiger charge is -2.06. The molecule has 0 unspecified atom stereocenters. The number of hydrogen-bond donors (Lipinski definition) is 1. The summed E-state index contributed by atoms with van der Waals surface area (Å²) in [5, 5.41) is 8.98. The van der Waals surface area contributed by atoms with E-state index in [9.17, 15) is 4.79 Å². The van der Waals surface area contributed by atoms with Crippen LogP contribution in [0.5, 0.6) is 5.88 Å². The Labute approximate surface area is 111 Å². The zero-order chi connectivity index (χ0) is 13.8. The molecule has 4 nitrogen and oxygen atoms in total. The number of ether oxygens (including phenoxy) is 1. The van der Waals surface area contributed by atoms with Gasteiger partial charge >= 0.3 is 5.97 Å². The summed E-state index contributed by atoms with van der Waals surface area (Å²) in [6.45, 7) is 1.80. The van der Waals surface area contributed by atoms with E-state index in [0.29, 0.717) is 11.4 Å². The van der Waals surface area contributed by atoms with E-state index in [1.807, 2.05) is 24.3 Å². The normalized spacial score (nSPS) is 10.2. The van der Waals surface area contributed by atoms with Gasteiger partial charge in [0, 0.05) is 12.3 Å².